The van der Waals surface area contributed by atoms with Gasteiger partial charge in [0.15, 0.2) is 0 Å². The van der Waals surface area contributed by atoms with Gasteiger partial charge in [-0.2, -0.15) is 0 Å². The molecule has 2 unspecified atom stereocenters. The molecule has 3 nitrogen and oxygen atoms in total. The van der Waals surface area contributed by atoms with E-state index in [4.69, 9.17) is 4.42 Å². The van der Waals surface area contributed by atoms with Crippen molar-refractivity contribution in [3.8, 4) is 0 Å². The quantitative estimate of drug-likeness (QED) is 0.882. The minimum absolute atomic E-state index is 0.127. The number of aliphatic hydroxyl groups excluding tert-OH is 1. The fourth-order valence-corrected chi connectivity index (χ4v) is 3.44. The van der Waals surface area contributed by atoms with Crippen LogP contribution in [0.4, 0.5) is 0 Å². The number of rotatable bonds is 5. The third kappa shape index (κ3) is 3.14. The third-order valence-corrected chi connectivity index (χ3v) is 4.68. The summed E-state index contributed by atoms with van der Waals surface area (Å²) >= 11 is 0. The molecule has 0 bridgehead atoms. The number of fused-ring (bicyclic) bond motifs is 1. The maximum absolute atomic E-state index is 10.0. The zero-order chi connectivity index (χ0) is 14.7. The normalized spacial score (nSPS) is 22.8. The Kier molecular flexibility index (Phi) is 4.61. The lowest BCUT2D eigenvalue weighted by Gasteiger charge is -2.27. The standard InChI is InChI=1S/C18H25NO2/c1-2-17-15(14-8-4-6-10-18(14)21-17)12-19-11-13-7-3-5-9-16(13)20/h4,6,8,10,13,16,19-20H,2-3,5,7,9,11-12H2,1H3. The van der Waals surface area contributed by atoms with E-state index >= 15 is 0 Å². The first-order valence-electron chi connectivity index (χ1n) is 8.17. The van der Waals surface area contributed by atoms with E-state index in [9.17, 15) is 5.11 Å². The molecule has 2 aromatic rings. The molecule has 0 amide bonds. The molecule has 1 aliphatic carbocycles. The first-order valence-corrected chi connectivity index (χ1v) is 8.17. The van der Waals surface area contributed by atoms with Crippen LogP contribution in [0.25, 0.3) is 11.0 Å². The van der Waals surface area contributed by atoms with Crippen molar-refractivity contribution in [3.05, 3.63) is 35.6 Å². The molecule has 1 heterocycles. The molecular weight excluding hydrogens is 262 g/mol. The lowest BCUT2D eigenvalue weighted by atomic mass is 9.86. The summed E-state index contributed by atoms with van der Waals surface area (Å²) in [6, 6.07) is 8.24. The average molecular weight is 287 g/mol. The van der Waals surface area contributed by atoms with Gasteiger partial charge in [0.1, 0.15) is 11.3 Å². The second kappa shape index (κ2) is 6.63. The maximum atomic E-state index is 10.0. The Morgan fingerprint density at radius 1 is 1.24 bits per heavy atom. The SMILES string of the molecule is CCc1oc2ccccc2c1CNCC1CCCCC1O. The molecule has 1 saturated carbocycles. The van der Waals surface area contributed by atoms with E-state index in [1.165, 1.54) is 23.8 Å². The number of nitrogens with one attached hydrogen (secondary N) is 1. The van der Waals surface area contributed by atoms with Gasteiger partial charge in [-0.3, -0.25) is 0 Å². The van der Waals surface area contributed by atoms with Gasteiger partial charge in [-0.1, -0.05) is 38.0 Å². The molecule has 0 saturated heterocycles. The minimum Gasteiger partial charge on any atom is -0.461 e. The number of hydrogen-bond donors (Lipinski definition) is 2. The van der Waals surface area contributed by atoms with Crippen molar-refractivity contribution in [2.75, 3.05) is 6.54 Å². The lowest BCUT2D eigenvalue weighted by molar-refractivity contribution is 0.0695. The second-order valence-corrected chi connectivity index (χ2v) is 6.10. The van der Waals surface area contributed by atoms with Gasteiger partial charge in [0.05, 0.1) is 6.10 Å². The molecule has 2 atom stereocenters. The van der Waals surface area contributed by atoms with E-state index in [0.29, 0.717) is 5.92 Å². The summed E-state index contributed by atoms with van der Waals surface area (Å²) in [4.78, 5) is 0. The predicted octanol–water partition coefficient (Wildman–Crippen LogP) is 3.64. The summed E-state index contributed by atoms with van der Waals surface area (Å²) in [6.07, 6.45) is 5.31. The zero-order valence-electron chi connectivity index (χ0n) is 12.8. The first kappa shape index (κ1) is 14.6. The van der Waals surface area contributed by atoms with E-state index in [-0.39, 0.29) is 6.10 Å². The molecule has 1 aromatic heterocycles. The molecule has 1 fully saturated rings. The Bertz CT molecular complexity index is 590. The highest BCUT2D eigenvalue weighted by Crippen LogP contribution is 2.27. The van der Waals surface area contributed by atoms with E-state index in [1.807, 2.05) is 12.1 Å². The Morgan fingerprint density at radius 2 is 2.05 bits per heavy atom. The van der Waals surface area contributed by atoms with Crippen LogP contribution < -0.4 is 5.32 Å². The van der Waals surface area contributed by atoms with Crippen LogP contribution in [0.2, 0.25) is 0 Å². The summed E-state index contributed by atoms with van der Waals surface area (Å²) in [5.74, 6) is 1.48. The molecule has 2 N–H and O–H groups in total. The maximum Gasteiger partial charge on any atom is 0.134 e. The van der Waals surface area contributed by atoms with Crippen molar-refractivity contribution in [1.82, 2.24) is 5.32 Å². The highest BCUT2D eigenvalue weighted by Gasteiger charge is 2.22. The van der Waals surface area contributed by atoms with Gasteiger partial charge in [-0.15, -0.1) is 0 Å². The fourth-order valence-electron chi connectivity index (χ4n) is 3.44. The Labute approximate surface area is 126 Å². The summed E-state index contributed by atoms with van der Waals surface area (Å²) in [6.45, 7) is 3.85. The van der Waals surface area contributed by atoms with Gasteiger partial charge in [0.25, 0.3) is 0 Å². The molecule has 0 aliphatic heterocycles. The number of aliphatic hydroxyl groups is 1. The molecule has 3 rings (SSSR count). The van der Waals surface area contributed by atoms with Crippen LogP contribution >= 0.6 is 0 Å². The van der Waals surface area contributed by atoms with Crippen LogP contribution in [0, 0.1) is 5.92 Å². The van der Waals surface area contributed by atoms with E-state index in [0.717, 1.165) is 43.7 Å². The molecule has 0 radical (unpaired) electrons. The van der Waals surface area contributed by atoms with Crippen molar-refractivity contribution in [1.29, 1.82) is 0 Å². The third-order valence-electron chi connectivity index (χ3n) is 4.68. The largest absolute Gasteiger partial charge is 0.461 e. The van der Waals surface area contributed by atoms with E-state index < -0.39 is 0 Å². The molecule has 1 aliphatic rings. The molecular formula is C18H25NO2. The Hall–Kier alpha value is -1.32. The number of benzene rings is 1. The molecule has 21 heavy (non-hydrogen) atoms. The molecule has 3 heteroatoms. The lowest BCUT2D eigenvalue weighted by Crippen LogP contribution is -2.33. The van der Waals surface area contributed by atoms with Crippen LogP contribution in [-0.4, -0.2) is 17.8 Å². The van der Waals surface area contributed by atoms with Crippen LogP contribution in [0.1, 0.15) is 43.9 Å². The van der Waals surface area contributed by atoms with Crippen molar-refractivity contribution < 1.29 is 9.52 Å². The van der Waals surface area contributed by atoms with Crippen LogP contribution in [0.15, 0.2) is 28.7 Å². The summed E-state index contributed by atoms with van der Waals surface area (Å²) < 4.78 is 5.92. The number of furan rings is 1. The van der Waals surface area contributed by atoms with Gasteiger partial charge in [-0.25, -0.2) is 0 Å². The van der Waals surface area contributed by atoms with Crippen molar-refractivity contribution in [3.63, 3.8) is 0 Å². The summed E-state index contributed by atoms with van der Waals surface area (Å²) in [5, 5.41) is 14.8. The van der Waals surface area contributed by atoms with Gasteiger partial charge in [0, 0.05) is 30.5 Å². The van der Waals surface area contributed by atoms with E-state index in [1.54, 1.807) is 0 Å². The van der Waals surface area contributed by atoms with Crippen molar-refractivity contribution in [2.24, 2.45) is 5.92 Å². The average Bonchev–Trinajstić information content (AvgIpc) is 2.87. The second-order valence-electron chi connectivity index (χ2n) is 6.10. The Morgan fingerprint density at radius 3 is 2.86 bits per heavy atom. The van der Waals surface area contributed by atoms with Gasteiger partial charge in [0.2, 0.25) is 0 Å². The van der Waals surface area contributed by atoms with Crippen LogP contribution in [0.3, 0.4) is 0 Å². The molecule has 0 spiro atoms. The first-order chi connectivity index (χ1) is 10.3. The van der Waals surface area contributed by atoms with E-state index in [2.05, 4.69) is 24.4 Å². The van der Waals surface area contributed by atoms with Crippen molar-refractivity contribution >= 4 is 11.0 Å². The monoisotopic (exact) mass is 287 g/mol. The molecule has 114 valence electrons. The topological polar surface area (TPSA) is 45.4 Å². The van der Waals surface area contributed by atoms with Crippen LogP contribution in [-0.2, 0) is 13.0 Å². The highest BCUT2D eigenvalue weighted by atomic mass is 16.3. The van der Waals surface area contributed by atoms with Gasteiger partial charge in [-0.05, 0) is 24.8 Å². The highest BCUT2D eigenvalue weighted by molar-refractivity contribution is 5.82. The van der Waals surface area contributed by atoms with Crippen molar-refractivity contribution in [2.45, 2.75) is 51.7 Å². The molecule has 1 aromatic carbocycles. The van der Waals surface area contributed by atoms with Gasteiger partial charge < -0.3 is 14.8 Å². The summed E-state index contributed by atoms with van der Waals surface area (Å²) in [7, 11) is 0. The number of para-hydroxylation sites is 1. The summed E-state index contributed by atoms with van der Waals surface area (Å²) in [5.41, 5.74) is 2.25. The van der Waals surface area contributed by atoms with Crippen LogP contribution in [0.5, 0.6) is 0 Å². The Balaban J connectivity index is 1.67. The van der Waals surface area contributed by atoms with Gasteiger partial charge >= 0.3 is 0 Å². The number of aryl methyl sites for hydroxylation is 1. The zero-order valence-corrected chi connectivity index (χ0v) is 12.8. The smallest absolute Gasteiger partial charge is 0.134 e. The fraction of sp³-hybridized carbons (Fsp3) is 0.556. The predicted molar refractivity (Wildman–Crippen MR) is 85.3 cm³/mol. The number of hydrogen-bond acceptors (Lipinski definition) is 3. The minimum atomic E-state index is -0.127.